The SMILES string of the molecule is Cl.Cl.O=C1COc2ccc(CNC3CCN(CC4CCn5c(=O)sc6ccc(F)c4c65)CC3)nc2N1. The second kappa shape index (κ2) is 11.0. The van der Waals surface area contributed by atoms with Crippen molar-refractivity contribution >= 4 is 58.1 Å². The minimum Gasteiger partial charge on any atom is -0.480 e. The van der Waals surface area contributed by atoms with Crippen LogP contribution in [0.3, 0.4) is 0 Å². The number of aryl methyl sites for hydroxylation is 1. The summed E-state index contributed by atoms with van der Waals surface area (Å²) in [5, 5.41) is 6.33. The minimum atomic E-state index is -0.195. The second-order valence-electron chi connectivity index (χ2n) is 9.25. The average Bonchev–Trinajstić information content (AvgIpc) is 3.17. The van der Waals surface area contributed by atoms with Gasteiger partial charge < -0.3 is 20.3 Å². The molecule has 1 aromatic carbocycles. The average molecular weight is 556 g/mol. The lowest BCUT2D eigenvalue weighted by Gasteiger charge is -2.36. The van der Waals surface area contributed by atoms with Crippen molar-refractivity contribution in [3.05, 3.63) is 51.0 Å². The molecule has 36 heavy (non-hydrogen) atoms. The van der Waals surface area contributed by atoms with Crippen LogP contribution in [-0.2, 0) is 17.9 Å². The molecular formula is C24H28Cl2FN5O3S. The Morgan fingerprint density at radius 2 is 1.92 bits per heavy atom. The number of amides is 1. The van der Waals surface area contributed by atoms with E-state index in [4.69, 9.17) is 4.74 Å². The number of nitrogens with zero attached hydrogens (tertiary/aromatic N) is 3. The largest absolute Gasteiger partial charge is 0.480 e. The number of fused-ring (bicyclic) bond motifs is 1. The fraction of sp³-hybridized carbons (Fsp3) is 0.458. The van der Waals surface area contributed by atoms with E-state index in [-0.39, 0.29) is 53.9 Å². The molecule has 12 heteroatoms. The number of pyridine rings is 1. The number of aromatic nitrogens is 2. The molecule has 1 unspecified atom stereocenters. The molecule has 6 rings (SSSR count). The van der Waals surface area contributed by atoms with E-state index in [1.165, 1.54) is 17.4 Å². The highest BCUT2D eigenvalue weighted by Gasteiger charge is 2.30. The highest BCUT2D eigenvalue weighted by atomic mass is 35.5. The normalized spacial score (nSPS) is 19.6. The summed E-state index contributed by atoms with van der Waals surface area (Å²) in [6.45, 7) is 4.03. The number of halogens is 3. The van der Waals surface area contributed by atoms with Gasteiger partial charge in [-0.05, 0) is 56.6 Å². The number of carbonyl (C=O) groups excluding carboxylic acids is 1. The Kier molecular flexibility index (Phi) is 8.21. The van der Waals surface area contributed by atoms with E-state index in [2.05, 4.69) is 20.5 Å². The molecule has 1 amide bonds. The van der Waals surface area contributed by atoms with Crippen LogP contribution >= 0.6 is 36.2 Å². The minimum absolute atomic E-state index is 0. The Hall–Kier alpha value is -2.24. The van der Waals surface area contributed by atoms with Gasteiger partial charge in [-0.25, -0.2) is 9.37 Å². The Morgan fingerprint density at radius 3 is 2.72 bits per heavy atom. The van der Waals surface area contributed by atoms with Gasteiger partial charge in [0.15, 0.2) is 18.2 Å². The Morgan fingerprint density at radius 1 is 1.11 bits per heavy atom. The van der Waals surface area contributed by atoms with Gasteiger partial charge >= 0.3 is 4.87 Å². The summed E-state index contributed by atoms with van der Waals surface area (Å²) in [6, 6.07) is 7.39. The summed E-state index contributed by atoms with van der Waals surface area (Å²) < 4.78 is 22.8. The first-order valence-electron chi connectivity index (χ1n) is 11.7. The van der Waals surface area contributed by atoms with Gasteiger partial charge in [0.1, 0.15) is 5.82 Å². The van der Waals surface area contributed by atoms with Crippen molar-refractivity contribution in [1.29, 1.82) is 0 Å². The summed E-state index contributed by atoms with van der Waals surface area (Å²) >= 11 is 1.21. The van der Waals surface area contributed by atoms with Crippen molar-refractivity contribution in [1.82, 2.24) is 19.8 Å². The number of thiazole rings is 1. The molecule has 3 aliphatic rings. The van der Waals surface area contributed by atoms with Gasteiger partial charge in [0.2, 0.25) is 0 Å². The van der Waals surface area contributed by atoms with E-state index in [1.54, 1.807) is 10.6 Å². The standard InChI is InChI=1S/C24H26FN5O3S.2ClH/c25-17-2-4-19-22-21(17)14(5-10-30(22)24(32)34-19)12-29-8-6-15(7-9-29)26-11-16-1-3-18-23(27-16)28-20(31)13-33-18;;/h1-4,14-15,26H,5-13H2,(H,27,28,31);2*1H. The number of nitrogens with one attached hydrogen (secondary N) is 2. The van der Waals surface area contributed by atoms with Crippen molar-refractivity contribution in [2.45, 2.75) is 44.3 Å². The number of piperidine rings is 1. The molecule has 2 aromatic heterocycles. The number of carbonyl (C=O) groups is 1. The van der Waals surface area contributed by atoms with Gasteiger partial charge in [-0.15, -0.1) is 24.8 Å². The maximum Gasteiger partial charge on any atom is 0.308 e. The number of benzene rings is 1. The van der Waals surface area contributed by atoms with Crippen LogP contribution in [-0.4, -0.2) is 52.6 Å². The summed E-state index contributed by atoms with van der Waals surface area (Å²) in [6.07, 6.45) is 2.81. The van der Waals surface area contributed by atoms with Crippen molar-refractivity contribution in [3.63, 3.8) is 0 Å². The van der Waals surface area contributed by atoms with E-state index in [9.17, 15) is 14.0 Å². The van der Waals surface area contributed by atoms with Crippen LogP contribution in [0.1, 0.15) is 36.4 Å². The number of rotatable bonds is 5. The van der Waals surface area contributed by atoms with E-state index in [1.807, 2.05) is 12.1 Å². The zero-order chi connectivity index (χ0) is 23.2. The van der Waals surface area contributed by atoms with E-state index in [0.29, 0.717) is 30.7 Å². The first kappa shape index (κ1) is 26.8. The Labute approximate surface area is 224 Å². The topological polar surface area (TPSA) is 88.5 Å². The molecule has 1 saturated heterocycles. The van der Waals surface area contributed by atoms with E-state index in [0.717, 1.165) is 60.4 Å². The smallest absolute Gasteiger partial charge is 0.308 e. The molecular weight excluding hydrogens is 528 g/mol. The van der Waals surface area contributed by atoms with Crippen molar-refractivity contribution < 1.29 is 13.9 Å². The van der Waals surface area contributed by atoms with Crippen molar-refractivity contribution in [3.8, 4) is 5.75 Å². The predicted molar refractivity (Wildman–Crippen MR) is 143 cm³/mol. The molecule has 0 radical (unpaired) electrons. The lowest BCUT2D eigenvalue weighted by Crippen LogP contribution is -2.44. The van der Waals surface area contributed by atoms with Gasteiger partial charge in [0.25, 0.3) is 5.91 Å². The van der Waals surface area contributed by atoms with Crippen molar-refractivity contribution in [2.24, 2.45) is 0 Å². The number of hydrogen-bond acceptors (Lipinski definition) is 7. The fourth-order valence-electron chi connectivity index (χ4n) is 5.35. The summed E-state index contributed by atoms with van der Waals surface area (Å²) in [5.74, 6) is 0.815. The molecule has 5 heterocycles. The third kappa shape index (κ3) is 5.10. The number of hydrogen-bond donors (Lipinski definition) is 2. The zero-order valence-corrected chi connectivity index (χ0v) is 21.9. The first-order valence-corrected chi connectivity index (χ1v) is 12.6. The monoisotopic (exact) mass is 555 g/mol. The third-order valence-electron chi connectivity index (χ3n) is 7.09. The number of anilines is 1. The molecule has 0 saturated carbocycles. The lowest BCUT2D eigenvalue weighted by molar-refractivity contribution is -0.118. The quantitative estimate of drug-likeness (QED) is 0.500. The predicted octanol–water partition coefficient (Wildman–Crippen LogP) is 3.51. The van der Waals surface area contributed by atoms with Gasteiger partial charge in [0, 0.05) is 37.2 Å². The highest BCUT2D eigenvalue weighted by Crippen LogP contribution is 2.36. The maximum atomic E-state index is 14.8. The third-order valence-corrected chi connectivity index (χ3v) is 8.04. The summed E-state index contributed by atoms with van der Waals surface area (Å²) in [4.78, 5) is 30.7. The molecule has 8 nitrogen and oxygen atoms in total. The van der Waals surface area contributed by atoms with E-state index < -0.39 is 0 Å². The molecule has 194 valence electrons. The van der Waals surface area contributed by atoms with Crippen LogP contribution in [0.5, 0.6) is 5.75 Å². The highest BCUT2D eigenvalue weighted by molar-refractivity contribution is 7.16. The first-order chi connectivity index (χ1) is 16.5. The van der Waals surface area contributed by atoms with E-state index >= 15 is 0 Å². The van der Waals surface area contributed by atoms with Crippen LogP contribution in [0.25, 0.3) is 10.2 Å². The molecule has 0 spiro atoms. The van der Waals surface area contributed by atoms with Crippen LogP contribution in [0.15, 0.2) is 29.1 Å². The molecule has 0 bridgehead atoms. The Balaban J connectivity index is 0.00000152. The number of ether oxygens (including phenoxy) is 1. The van der Waals surface area contributed by atoms with Gasteiger partial charge in [-0.1, -0.05) is 11.3 Å². The van der Waals surface area contributed by atoms with Crippen LogP contribution in [0, 0.1) is 5.82 Å². The molecule has 2 N–H and O–H groups in total. The molecule has 1 fully saturated rings. The molecule has 1 atom stereocenters. The summed E-state index contributed by atoms with van der Waals surface area (Å²) in [7, 11) is 0. The van der Waals surface area contributed by atoms with Crippen molar-refractivity contribution in [2.75, 3.05) is 31.6 Å². The maximum absolute atomic E-state index is 14.8. The van der Waals surface area contributed by atoms with Crippen LogP contribution in [0.4, 0.5) is 10.2 Å². The molecule has 3 aromatic rings. The van der Waals surface area contributed by atoms with Gasteiger partial charge in [-0.2, -0.15) is 0 Å². The Bertz CT molecular complexity index is 1330. The van der Waals surface area contributed by atoms with Gasteiger partial charge in [0.05, 0.1) is 15.9 Å². The van der Waals surface area contributed by atoms with Crippen LogP contribution in [0.2, 0.25) is 0 Å². The van der Waals surface area contributed by atoms with Gasteiger partial charge in [-0.3, -0.25) is 14.2 Å². The summed E-state index contributed by atoms with van der Waals surface area (Å²) in [5.41, 5.74) is 2.39. The number of likely N-dealkylation sites (tertiary alicyclic amines) is 1. The molecule has 0 aliphatic carbocycles. The lowest BCUT2D eigenvalue weighted by atomic mass is 9.90. The molecule has 3 aliphatic heterocycles. The zero-order valence-electron chi connectivity index (χ0n) is 19.5. The second-order valence-corrected chi connectivity index (χ2v) is 10.2. The fourth-order valence-corrected chi connectivity index (χ4v) is 6.28. The van der Waals surface area contributed by atoms with Crippen LogP contribution < -0.4 is 20.2 Å².